The first-order valence-electron chi connectivity index (χ1n) is 6.79. The third kappa shape index (κ3) is 3.75. The normalized spacial score (nSPS) is 10.0. The molecule has 0 fully saturated rings. The van der Waals surface area contributed by atoms with Crippen LogP contribution in [-0.4, -0.2) is 32.0 Å². The average molecular weight is 284 g/mol. The Balaban J connectivity index is 2.14. The van der Waals surface area contributed by atoms with Crippen molar-refractivity contribution in [1.82, 2.24) is 4.90 Å². The van der Waals surface area contributed by atoms with Crippen LogP contribution in [0.2, 0.25) is 0 Å². The molecule has 0 saturated carbocycles. The average Bonchev–Trinajstić information content (AvgIpc) is 2.52. The fourth-order valence-corrected chi connectivity index (χ4v) is 2.04. The van der Waals surface area contributed by atoms with Gasteiger partial charge in [0.2, 0.25) is 0 Å². The van der Waals surface area contributed by atoms with Gasteiger partial charge in [0.15, 0.2) is 0 Å². The molecule has 0 aliphatic carbocycles. The standard InChI is InChI=1S/C17H20N2O2/c1-19(2)17(20)15-9-4-5-10-16(15)18-12-13-7-6-8-14(11-13)21-3/h4-11,18H,12H2,1-3H3. The molecule has 2 aromatic rings. The van der Waals surface area contributed by atoms with Crippen LogP contribution < -0.4 is 10.1 Å². The molecule has 1 amide bonds. The SMILES string of the molecule is COc1cccc(CNc2ccccc2C(=O)N(C)C)c1. The van der Waals surface area contributed by atoms with Crippen molar-refractivity contribution in [2.75, 3.05) is 26.5 Å². The van der Waals surface area contributed by atoms with E-state index in [-0.39, 0.29) is 5.91 Å². The fraction of sp³-hybridized carbons (Fsp3) is 0.235. The maximum atomic E-state index is 12.1. The molecule has 0 radical (unpaired) electrons. The summed E-state index contributed by atoms with van der Waals surface area (Å²) in [4.78, 5) is 13.7. The molecule has 0 aromatic heterocycles. The molecule has 4 heteroatoms. The number of hydrogen-bond donors (Lipinski definition) is 1. The lowest BCUT2D eigenvalue weighted by molar-refractivity contribution is 0.0828. The number of carbonyl (C=O) groups excluding carboxylic acids is 1. The number of nitrogens with zero attached hydrogens (tertiary/aromatic N) is 1. The highest BCUT2D eigenvalue weighted by molar-refractivity contribution is 5.99. The molecule has 0 bridgehead atoms. The predicted molar refractivity (Wildman–Crippen MR) is 84.8 cm³/mol. The zero-order valence-electron chi connectivity index (χ0n) is 12.6. The van der Waals surface area contributed by atoms with Crippen molar-refractivity contribution < 1.29 is 9.53 Å². The number of anilines is 1. The zero-order chi connectivity index (χ0) is 15.2. The maximum absolute atomic E-state index is 12.1. The summed E-state index contributed by atoms with van der Waals surface area (Å²) in [6.45, 7) is 0.634. The van der Waals surface area contributed by atoms with Gasteiger partial charge < -0.3 is 15.0 Å². The van der Waals surface area contributed by atoms with Crippen molar-refractivity contribution in [3.8, 4) is 5.75 Å². The summed E-state index contributed by atoms with van der Waals surface area (Å²) in [5.74, 6) is 0.815. The van der Waals surface area contributed by atoms with Crippen LogP contribution in [0.5, 0.6) is 5.75 Å². The molecule has 21 heavy (non-hydrogen) atoms. The van der Waals surface area contributed by atoms with E-state index in [0.29, 0.717) is 12.1 Å². The van der Waals surface area contributed by atoms with Gasteiger partial charge in [-0.3, -0.25) is 4.79 Å². The van der Waals surface area contributed by atoms with Crippen LogP contribution in [0.3, 0.4) is 0 Å². The molecule has 0 aliphatic rings. The maximum Gasteiger partial charge on any atom is 0.255 e. The Morgan fingerprint density at radius 2 is 1.90 bits per heavy atom. The quantitative estimate of drug-likeness (QED) is 0.917. The van der Waals surface area contributed by atoms with Crippen molar-refractivity contribution in [1.29, 1.82) is 0 Å². The molecular formula is C17H20N2O2. The molecule has 0 aliphatic heterocycles. The minimum Gasteiger partial charge on any atom is -0.497 e. The third-order valence-electron chi connectivity index (χ3n) is 3.18. The van der Waals surface area contributed by atoms with Crippen LogP contribution in [0.25, 0.3) is 0 Å². The molecule has 1 N–H and O–H groups in total. The highest BCUT2D eigenvalue weighted by Crippen LogP contribution is 2.19. The van der Waals surface area contributed by atoms with Crippen LogP contribution in [-0.2, 0) is 6.54 Å². The summed E-state index contributed by atoms with van der Waals surface area (Å²) in [6, 6.07) is 15.4. The molecule has 110 valence electrons. The molecule has 0 saturated heterocycles. The molecule has 4 nitrogen and oxygen atoms in total. The number of ether oxygens (including phenoxy) is 1. The molecule has 0 heterocycles. The number of nitrogens with one attached hydrogen (secondary N) is 1. The largest absolute Gasteiger partial charge is 0.497 e. The van der Waals surface area contributed by atoms with Crippen LogP contribution in [0.1, 0.15) is 15.9 Å². The van der Waals surface area contributed by atoms with Gasteiger partial charge in [-0.15, -0.1) is 0 Å². The Bertz CT molecular complexity index is 624. The number of hydrogen-bond acceptors (Lipinski definition) is 3. The van der Waals surface area contributed by atoms with E-state index in [1.807, 2.05) is 48.5 Å². The lowest BCUT2D eigenvalue weighted by Crippen LogP contribution is -2.22. The fourth-order valence-electron chi connectivity index (χ4n) is 2.04. The molecule has 0 spiro atoms. The molecule has 0 atom stereocenters. The zero-order valence-corrected chi connectivity index (χ0v) is 12.6. The Morgan fingerprint density at radius 3 is 2.62 bits per heavy atom. The first kappa shape index (κ1) is 14.9. The summed E-state index contributed by atoms with van der Waals surface area (Å²) in [6.07, 6.45) is 0. The number of methoxy groups -OCH3 is 1. The smallest absolute Gasteiger partial charge is 0.255 e. The predicted octanol–water partition coefficient (Wildman–Crippen LogP) is 3.01. The number of amides is 1. The van der Waals surface area contributed by atoms with E-state index in [2.05, 4.69) is 5.32 Å². The topological polar surface area (TPSA) is 41.6 Å². The number of benzene rings is 2. The van der Waals surface area contributed by atoms with Crippen molar-refractivity contribution in [2.45, 2.75) is 6.54 Å². The summed E-state index contributed by atoms with van der Waals surface area (Å²) >= 11 is 0. The first-order chi connectivity index (χ1) is 10.1. The lowest BCUT2D eigenvalue weighted by Gasteiger charge is -2.15. The van der Waals surface area contributed by atoms with Crippen LogP contribution in [0.15, 0.2) is 48.5 Å². The summed E-state index contributed by atoms with van der Waals surface area (Å²) in [5.41, 5.74) is 2.60. The van der Waals surface area contributed by atoms with E-state index in [9.17, 15) is 4.79 Å². The second kappa shape index (κ2) is 6.79. The molecule has 2 rings (SSSR count). The Morgan fingerprint density at radius 1 is 1.14 bits per heavy atom. The van der Waals surface area contributed by atoms with Gasteiger partial charge in [0.05, 0.1) is 12.7 Å². The van der Waals surface area contributed by atoms with E-state index in [4.69, 9.17) is 4.74 Å². The second-order valence-corrected chi connectivity index (χ2v) is 4.95. The highest BCUT2D eigenvalue weighted by Gasteiger charge is 2.12. The van der Waals surface area contributed by atoms with Crippen molar-refractivity contribution >= 4 is 11.6 Å². The van der Waals surface area contributed by atoms with Crippen LogP contribution >= 0.6 is 0 Å². The van der Waals surface area contributed by atoms with Crippen LogP contribution in [0, 0.1) is 0 Å². The van der Waals surface area contributed by atoms with E-state index >= 15 is 0 Å². The third-order valence-corrected chi connectivity index (χ3v) is 3.18. The van der Waals surface area contributed by atoms with Gasteiger partial charge in [0.1, 0.15) is 5.75 Å². The van der Waals surface area contributed by atoms with Gasteiger partial charge in [-0.05, 0) is 29.8 Å². The summed E-state index contributed by atoms with van der Waals surface area (Å²) < 4.78 is 5.21. The number of rotatable bonds is 5. The van der Waals surface area contributed by atoms with Gasteiger partial charge in [-0.2, -0.15) is 0 Å². The first-order valence-corrected chi connectivity index (χ1v) is 6.79. The lowest BCUT2D eigenvalue weighted by atomic mass is 10.1. The molecular weight excluding hydrogens is 264 g/mol. The van der Waals surface area contributed by atoms with E-state index < -0.39 is 0 Å². The second-order valence-electron chi connectivity index (χ2n) is 4.95. The van der Waals surface area contributed by atoms with Gasteiger partial charge in [0, 0.05) is 26.3 Å². The highest BCUT2D eigenvalue weighted by atomic mass is 16.5. The van der Waals surface area contributed by atoms with Gasteiger partial charge in [-0.25, -0.2) is 0 Å². The van der Waals surface area contributed by atoms with Gasteiger partial charge >= 0.3 is 0 Å². The van der Waals surface area contributed by atoms with E-state index in [1.54, 1.807) is 26.1 Å². The van der Waals surface area contributed by atoms with Crippen LogP contribution in [0.4, 0.5) is 5.69 Å². The Kier molecular flexibility index (Phi) is 4.82. The molecule has 0 unspecified atom stereocenters. The molecule has 2 aromatic carbocycles. The number of carbonyl (C=O) groups is 1. The van der Waals surface area contributed by atoms with Gasteiger partial charge in [-0.1, -0.05) is 24.3 Å². The van der Waals surface area contributed by atoms with Crippen molar-refractivity contribution in [3.63, 3.8) is 0 Å². The Hall–Kier alpha value is -2.49. The van der Waals surface area contributed by atoms with Gasteiger partial charge in [0.25, 0.3) is 5.91 Å². The summed E-state index contributed by atoms with van der Waals surface area (Å²) in [5, 5.41) is 3.31. The monoisotopic (exact) mass is 284 g/mol. The Labute approximate surface area is 125 Å². The number of para-hydroxylation sites is 1. The van der Waals surface area contributed by atoms with E-state index in [1.165, 1.54) is 0 Å². The summed E-state index contributed by atoms with van der Waals surface area (Å²) in [7, 11) is 5.15. The van der Waals surface area contributed by atoms with E-state index in [0.717, 1.165) is 17.0 Å². The van der Waals surface area contributed by atoms with Crippen molar-refractivity contribution in [2.24, 2.45) is 0 Å². The minimum absolute atomic E-state index is 0.0104. The van der Waals surface area contributed by atoms with Crippen molar-refractivity contribution in [3.05, 3.63) is 59.7 Å². The minimum atomic E-state index is -0.0104.